The van der Waals surface area contributed by atoms with Gasteiger partial charge in [0.05, 0.1) is 6.20 Å². The SMILES string of the molecule is CCCNC1CCCCc2nc(-c3cnccn3)ncc21. The van der Waals surface area contributed by atoms with Crippen molar-refractivity contribution in [2.75, 3.05) is 6.54 Å². The molecule has 0 fully saturated rings. The first-order chi connectivity index (χ1) is 10.4. The van der Waals surface area contributed by atoms with Crippen molar-refractivity contribution in [1.82, 2.24) is 25.3 Å². The molecule has 0 aromatic carbocycles. The summed E-state index contributed by atoms with van der Waals surface area (Å²) in [4.78, 5) is 17.6. The van der Waals surface area contributed by atoms with Crippen LogP contribution >= 0.6 is 0 Å². The molecule has 0 spiro atoms. The highest BCUT2D eigenvalue weighted by atomic mass is 15.0. The predicted octanol–water partition coefficient (Wildman–Crippen LogP) is 2.70. The average Bonchev–Trinajstić information content (AvgIpc) is 2.75. The van der Waals surface area contributed by atoms with Crippen molar-refractivity contribution in [2.24, 2.45) is 0 Å². The van der Waals surface area contributed by atoms with Crippen LogP contribution in [0.25, 0.3) is 11.5 Å². The molecule has 2 aromatic heterocycles. The molecule has 1 N–H and O–H groups in total. The van der Waals surface area contributed by atoms with E-state index < -0.39 is 0 Å². The van der Waals surface area contributed by atoms with E-state index in [4.69, 9.17) is 4.98 Å². The Bertz CT molecular complexity index is 584. The van der Waals surface area contributed by atoms with Crippen LogP contribution in [0.2, 0.25) is 0 Å². The van der Waals surface area contributed by atoms with E-state index in [1.807, 2.05) is 6.20 Å². The molecule has 5 heteroatoms. The molecule has 1 atom stereocenters. The Labute approximate surface area is 125 Å². The molecule has 1 aliphatic carbocycles. The van der Waals surface area contributed by atoms with Gasteiger partial charge in [-0.3, -0.25) is 4.98 Å². The standard InChI is InChI=1S/C16H21N5/c1-2-7-18-13-5-3-4-6-14-12(13)10-20-16(21-14)15-11-17-8-9-19-15/h8-11,13,18H,2-7H2,1H3. The molecule has 0 radical (unpaired) electrons. The summed E-state index contributed by atoms with van der Waals surface area (Å²) in [6.45, 7) is 3.23. The molecular weight excluding hydrogens is 262 g/mol. The van der Waals surface area contributed by atoms with Gasteiger partial charge >= 0.3 is 0 Å². The monoisotopic (exact) mass is 283 g/mol. The van der Waals surface area contributed by atoms with E-state index in [0.717, 1.165) is 30.8 Å². The highest BCUT2D eigenvalue weighted by Crippen LogP contribution is 2.28. The summed E-state index contributed by atoms with van der Waals surface area (Å²) in [5.41, 5.74) is 3.16. The minimum Gasteiger partial charge on any atom is -0.310 e. The van der Waals surface area contributed by atoms with Gasteiger partial charge in [0.1, 0.15) is 5.69 Å². The van der Waals surface area contributed by atoms with Gasteiger partial charge < -0.3 is 5.32 Å². The van der Waals surface area contributed by atoms with Gasteiger partial charge in [0.2, 0.25) is 0 Å². The van der Waals surface area contributed by atoms with Crippen molar-refractivity contribution in [3.05, 3.63) is 36.0 Å². The van der Waals surface area contributed by atoms with Gasteiger partial charge in [-0.15, -0.1) is 0 Å². The first-order valence-corrected chi connectivity index (χ1v) is 7.74. The van der Waals surface area contributed by atoms with Crippen molar-refractivity contribution < 1.29 is 0 Å². The van der Waals surface area contributed by atoms with Gasteiger partial charge in [0, 0.05) is 35.9 Å². The van der Waals surface area contributed by atoms with Crippen molar-refractivity contribution in [3.63, 3.8) is 0 Å². The van der Waals surface area contributed by atoms with Crippen LogP contribution in [0.3, 0.4) is 0 Å². The molecule has 0 saturated carbocycles. The fourth-order valence-electron chi connectivity index (χ4n) is 2.78. The maximum Gasteiger partial charge on any atom is 0.179 e. The van der Waals surface area contributed by atoms with Crippen LogP contribution in [-0.2, 0) is 6.42 Å². The Morgan fingerprint density at radius 3 is 2.95 bits per heavy atom. The van der Waals surface area contributed by atoms with Gasteiger partial charge in [-0.1, -0.05) is 13.3 Å². The van der Waals surface area contributed by atoms with Crippen LogP contribution in [0, 0.1) is 0 Å². The summed E-state index contributed by atoms with van der Waals surface area (Å²) in [5.74, 6) is 0.679. The fourth-order valence-corrected chi connectivity index (χ4v) is 2.78. The van der Waals surface area contributed by atoms with Gasteiger partial charge in [-0.2, -0.15) is 0 Å². The minimum atomic E-state index is 0.387. The van der Waals surface area contributed by atoms with E-state index in [1.54, 1.807) is 18.6 Å². The molecule has 21 heavy (non-hydrogen) atoms. The molecule has 3 rings (SSSR count). The second-order valence-corrected chi connectivity index (χ2v) is 5.44. The van der Waals surface area contributed by atoms with Crippen molar-refractivity contribution >= 4 is 0 Å². The summed E-state index contributed by atoms with van der Waals surface area (Å²) >= 11 is 0. The van der Waals surface area contributed by atoms with Crippen LogP contribution in [-0.4, -0.2) is 26.5 Å². The third-order valence-corrected chi connectivity index (χ3v) is 3.86. The average molecular weight is 283 g/mol. The van der Waals surface area contributed by atoms with Crippen molar-refractivity contribution in [2.45, 2.75) is 45.1 Å². The summed E-state index contributed by atoms with van der Waals surface area (Å²) in [5, 5.41) is 3.62. The van der Waals surface area contributed by atoms with E-state index in [0.29, 0.717) is 11.9 Å². The molecule has 0 aliphatic heterocycles. The van der Waals surface area contributed by atoms with Crippen molar-refractivity contribution in [1.29, 1.82) is 0 Å². The third-order valence-electron chi connectivity index (χ3n) is 3.86. The number of aromatic nitrogens is 4. The molecule has 5 nitrogen and oxygen atoms in total. The summed E-state index contributed by atoms with van der Waals surface area (Å²) < 4.78 is 0. The molecule has 0 bridgehead atoms. The molecule has 0 saturated heterocycles. The normalized spacial score (nSPS) is 18.0. The molecule has 110 valence electrons. The Hall–Kier alpha value is -1.88. The quantitative estimate of drug-likeness (QED) is 0.874. The number of nitrogens with zero attached hydrogens (tertiary/aromatic N) is 4. The smallest absolute Gasteiger partial charge is 0.179 e. The highest BCUT2D eigenvalue weighted by molar-refractivity contribution is 5.47. The molecular formula is C16H21N5. The van der Waals surface area contributed by atoms with Crippen LogP contribution in [0.4, 0.5) is 0 Å². The Kier molecular flexibility index (Phi) is 4.50. The second kappa shape index (κ2) is 6.72. The maximum absolute atomic E-state index is 4.75. The van der Waals surface area contributed by atoms with Crippen LogP contribution < -0.4 is 5.32 Å². The number of hydrogen-bond donors (Lipinski definition) is 1. The van der Waals surface area contributed by atoms with Gasteiger partial charge in [-0.25, -0.2) is 15.0 Å². The van der Waals surface area contributed by atoms with E-state index in [2.05, 4.69) is 27.2 Å². The number of rotatable bonds is 4. The first kappa shape index (κ1) is 14.1. The number of fused-ring (bicyclic) bond motifs is 1. The lowest BCUT2D eigenvalue weighted by molar-refractivity contribution is 0.488. The topological polar surface area (TPSA) is 63.6 Å². The second-order valence-electron chi connectivity index (χ2n) is 5.44. The zero-order chi connectivity index (χ0) is 14.5. The molecule has 2 heterocycles. The zero-order valence-electron chi connectivity index (χ0n) is 12.4. The molecule has 2 aromatic rings. The van der Waals surface area contributed by atoms with E-state index in [9.17, 15) is 0 Å². The van der Waals surface area contributed by atoms with Crippen molar-refractivity contribution in [3.8, 4) is 11.5 Å². The van der Waals surface area contributed by atoms with Crippen LogP contribution in [0.1, 0.15) is 49.9 Å². The Morgan fingerprint density at radius 1 is 1.19 bits per heavy atom. The summed E-state index contributed by atoms with van der Waals surface area (Å²) in [7, 11) is 0. The fraction of sp³-hybridized carbons (Fsp3) is 0.500. The first-order valence-electron chi connectivity index (χ1n) is 7.74. The zero-order valence-corrected chi connectivity index (χ0v) is 12.4. The molecule has 1 unspecified atom stereocenters. The largest absolute Gasteiger partial charge is 0.310 e. The van der Waals surface area contributed by atoms with Gasteiger partial charge in [0.25, 0.3) is 0 Å². The van der Waals surface area contributed by atoms with Crippen LogP contribution in [0.5, 0.6) is 0 Å². The number of aryl methyl sites for hydroxylation is 1. The highest BCUT2D eigenvalue weighted by Gasteiger charge is 2.20. The summed E-state index contributed by atoms with van der Waals surface area (Å²) in [6.07, 6.45) is 12.8. The Balaban J connectivity index is 1.92. The van der Waals surface area contributed by atoms with Gasteiger partial charge in [-0.05, 0) is 32.2 Å². The lowest BCUT2D eigenvalue weighted by Crippen LogP contribution is -2.23. The van der Waals surface area contributed by atoms with Crippen LogP contribution in [0.15, 0.2) is 24.8 Å². The maximum atomic E-state index is 4.75. The van der Waals surface area contributed by atoms with Gasteiger partial charge in [0.15, 0.2) is 5.82 Å². The third kappa shape index (κ3) is 3.24. The molecule has 0 amide bonds. The number of hydrogen-bond acceptors (Lipinski definition) is 5. The molecule has 1 aliphatic rings. The Morgan fingerprint density at radius 2 is 2.14 bits per heavy atom. The lowest BCUT2D eigenvalue weighted by atomic mass is 10.0. The lowest BCUT2D eigenvalue weighted by Gasteiger charge is -2.18. The van der Waals surface area contributed by atoms with E-state index >= 15 is 0 Å². The number of nitrogens with one attached hydrogen (secondary N) is 1. The summed E-state index contributed by atoms with van der Waals surface area (Å²) in [6, 6.07) is 0.387. The van der Waals surface area contributed by atoms with E-state index in [-0.39, 0.29) is 0 Å². The minimum absolute atomic E-state index is 0.387. The van der Waals surface area contributed by atoms with E-state index in [1.165, 1.54) is 24.8 Å². The predicted molar refractivity (Wildman–Crippen MR) is 81.6 cm³/mol.